The van der Waals surface area contributed by atoms with E-state index >= 15 is 0 Å². The average molecular weight is 241 g/mol. The van der Waals surface area contributed by atoms with Crippen LogP contribution in [-0.2, 0) is 9.53 Å². The van der Waals surface area contributed by atoms with Crippen molar-refractivity contribution in [2.24, 2.45) is 5.92 Å². The molecule has 0 bridgehead atoms. The molecule has 17 heavy (non-hydrogen) atoms. The molecule has 3 nitrogen and oxygen atoms in total. The number of esters is 1. The van der Waals surface area contributed by atoms with Crippen LogP contribution in [-0.4, -0.2) is 25.7 Å². The largest absolute Gasteiger partial charge is 0.466 e. The number of carbonyl (C=O) groups excluding carboxylic acids is 1. The molecule has 1 rings (SSSR count). The lowest BCUT2D eigenvalue weighted by atomic mass is 9.93. The van der Waals surface area contributed by atoms with Gasteiger partial charge in [0.25, 0.3) is 0 Å². The van der Waals surface area contributed by atoms with Crippen molar-refractivity contribution in [3.8, 4) is 0 Å². The highest BCUT2D eigenvalue weighted by molar-refractivity contribution is 5.69. The summed E-state index contributed by atoms with van der Waals surface area (Å²) in [7, 11) is 0. The molecule has 0 unspecified atom stereocenters. The van der Waals surface area contributed by atoms with E-state index in [2.05, 4.69) is 12.2 Å². The molecule has 1 aliphatic heterocycles. The Labute approximate surface area is 105 Å². The number of ether oxygens (including phenoxy) is 1. The van der Waals surface area contributed by atoms with Gasteiger partial charge in [0.2, 0.25) is 0 Å². The van der Waals surface area contributed by atoms with E-state index in [1.54, 1.807) is 0 Å². The Morgan fingerprint density at radius 2 is 2.00 bits per heavy atom. The Kier molecular flexibility index (Phi) is 8.06. The summed E-state index contributed by atoms with van der Waals surface area (Å²) in [5.74, 6) is 0.726. The molecule has 0 radical (unpaired) electrons. The third-order valence-electron chi connectivity index (χ3n) is 3.48. The third-order valence-corrected chi connectivity index (χ3v) is 3.48. The van der Waals surface area contributed by atoms with Gasteiger partial charge >= 0.3 is 5.97 Å². The number of rotatable bonds is 8. The summed E-state index contributed by atoms with van der Waals surface area (Å²) in [5, 5.41) is 3.34. The van der Waals surface area contributed by atoms with Crippen molar-refractivity contribution in [1.82, 2.24) is 5.32 Å². The zero-order chi connectivity index (χ0) is 12.3. The Hall–Kier alpha value is -0.570. The highest BCUT2D eigenvalue weighted by Crippen LogP contribution is 2.17. The summed E-state index contributed by atoms with van der Waals surface area (Å²) in [5.41, 5.74) is 0. The Bertz CT molecular complexity index is 200. The molecule has 0 aliphatic carbocycles. The molecule has 1 heterocycles. The zero-order valence-electron chi connectivity index (χ0n) is 11.2. The number of piperidine rings is 1. The second-order valence-electron chi connectivity index (χ2n) is 5.01. The molecule has 0 aromatic rings. The van der Waals surface area contributed by atoms with Crippen LogP contribution in [0.15, 0.2) is 0 Å². The van der Waals surface area contributed by atoms with E-state index < -0.39 is 0 Å². The lowest BCUT2D eigenvalue weighted by molar-refractivity contribution is -0.144. The van der Waals surface area contributed by atoms with Crippen molar-refractivity contribution in [3.05, 3.63) is 0 Å². The van der Waals surface area contributed by atoms with E-state index in [1.807, 2.05) is 0 Å². The summed E-state index contributed by atoms with van der Waals surface area (Å²) in [6.45, 7) is 5.02. The van der Waals surface area contributed by atoms with E-state index in [-0.39, 0.29) is 5.97 Å². The van der Waals surface area contributed by atoms with Gasteiger partial charge < -0.3 is 10.1 Å². The highest BCUT2D eigenvalue weighted by atomic mass is 16.5. The minimum absolute atomic E-state index is 0.0000288. The SMILES string of the molecule is CCCCCCOC(=O)CCC1CCNCC1. The van der Waals surface area contributed by atoms with Gasteiger partial charge in [-0.2, -0.15) is 0 Å². The van der Waals surface area contributed by atoms with E-state index in [9.17, 15) is 4.79 Å². The smallest absolute Gasteiger partial charge is 0.305 e. The number of carbonyl (C=O) groups is 1. The second kappa shape index (κ2) is 9.46. The van der Waals surface area contributed by atoms with Gasteiger partial charge in [0.05, 0.1) is 6.61 Å². The van der Waals surface area contributed by atoms with Crippen LogP contribution in [0.25, 0.3) is 0 Å². The molecule has 0 amide bonds. The number of nitrogens with one attached hydrogen (secondary N) is 1. The lowest BCUT2D eigenvalue weighted by Crippen LogP contribution is -2.28. The maximum absolute atomic E-state index is 11.5. The van der Waals surface area contributed by atoms with Gasteiger partial charge in [-0.3, -0.25) is 4.79 Å². The van der Waals surface area contributed by atoms with Crippen LogP contribution in [0.3, 0.4) is 0 Å². The minimum Gasteiger partial charge on any atom is -0.466 e. The van der Waals surface area contributed by atoms with Crippen LogP contribution in [0, 0.1) is 5.92 Å². The first-order valence-corrected chi connectivity index (χ1v) is 7.19. The van der Waals surface area contributed by atoms with Crippen molar-refractivity contribution in [2.75, 3.05) is 19.7 Å². The van der Waals surface area contributed by atoms with E-state index in [0.29, 0.717) is 13.0 Å². The monoisotopic (exact) mass is 241 g/mol. The Morgan fingerprint density at radius 3 is 2.71 bits per heavy atom. The Morgan fingerprint density at radius 1 is 1.24 bits per heavy atom. The molecule has 3 heteroatoms. The summed E-state index contributed by atoms with van der Waals surface area (Å²) in [6.07, 6.45) is 8.71. The highest BCUT2D eigenvalue weighted by Gasteiger charge is 2.14. The second-order valence-corrected chi connectivity index (χ2v) is 5.01. The van der Waals surface area contributed by atoms with Gasteiger partial charge in [-0.05, 0) is 44.7 Å². The van der Waals surface area contributed by atoms with Crippen LogP contribution in [0.2, 0.25) is 0 Å². The van der Waals surface area contributed by atoms with E-state index in [0.717, 1.165) is 31.8 Å². The Balaban J connectivity index is 1.93. The van der Waals surface area contributed by atoms with E-state index in [1.165, 1.54) is 32.1 Å². The summed E-state index contributed by atoms with van der Waals surface area (Å²) < 4.78 is 5.23. The third kappa shape index (κ3) is 7.37. The van der Waals surface area contributed by atoms with Crippen LogP contribution in [0.5, 0.6) is 0 Å². The normalized spacial score (nSPS) is 17.0. The van der Waals surface area contributed by atoms with Crippen LogP contribution in [0.4, 0.5) is 0 Å². The van der Waals surface area contributed by atoms with Crippen molar-refractivity contribution < 1.29 is 9.53 Å². The molecule has 1 N–H and O–H groups in total. The number of hydrogen-bond acceptors (Lipinski definition) is 3. The predicted molar refractivity (Wildman–Crippen MR) is 69.9 cm³/mol. The maximum Gasteiger partial charge on any atom is 0.305 e. The maximum atomic E-state index is 11.5. The van der Waals surface area contributed by atoms with Gasteiger partial charge in [-0.25, -0.2) is 0 Å². The zero-order valence-corrected chi connectivity index (χ0v) is 11.2. The van der Waals surface area contributed by atoms with Crippen LogP contribution >= 0.6 is 0 Å². The molecule has 1 fully saturated rings. The summed E-state index contributed by atoms with van der Waals surface area (Å²) >= 11 is 0. The molecule has 1 aliphatic rings. The average Bonchev–Trinajstić information content (AvgIpc) is 2.37. The molecule has 0 aromatic heterocycles. The lowest BCUT2D eigenvalue weighted by Gasteiger charge is -2.21. The number of unbranched alkanes of at least 4 members (excludes halogenated alkanes) is 3. The molecule has 100 valence electrons. The van der Waals surface area contributed by atoms with Crippen molar-refractivity contribution in [3.63, 3.8) is 0 Å². The first-order chi connectivity index (χ1) is 8.33. The van der Waals surface area contributed by atoms with Gasteiger partial charge in [-0.15, -0.1) is 0 Å². The van der Waals surface area contributed by atoms with Crippen LogP contribution in [0.1, 0.15) is 58.3 Å². The molecule has 0 saturated carbocycles. The first kappa shape index (κ1) is 14.5. The van der Waals surface area contributed by atoms with Crippen LogP contribution < -0.4 is 5.32 Å². The fourth-order valence-corrected chi connectivity index (χ4v) is 2.28. The molecular formula is C14H27NO2. The standard InChI is InChI=1S/C14H27NO2/c1-2-3-4-5-12-17-14(16)7-6-13-8-10-15-11-9-13/h13,15H,2-12H2,1H3. The topological polar surface area (TPSA) is 38.3 Å². The summed E-state index contributed by atoms with van der Waals surface area (Å²) in [6, 6.07) is 0. The molecule has 0 atom stereocenters. The summed E-state index contributed by atoms with van der Waals surface area (Å²) in [4.78, 5) is 11.5. The van der Waals surface area contributed by atoms with Gasteiger partial charge in [0.1, 0.15) is 0 Å². The first-order valence-electron chi connectivity index (χ1n) is 7.19. The quantitative estimate of drug-likeness (QED) is 0.524. The van der Waals surface area contributed by atoms with Gasteiger partial charge in [0, 0.05) is 6.42 Å². The minimum atomic E-state index is 0.0000288. The fourth-order valence-electron chi connectivity index (χ4n) is 2.28. The number of hydrogen-bond donors (Lipinski definition) is 1. The molecular weight excluding hydrogens is 214 g/mol. The van der Waals surface area contributed by atoms with Gasteiger partial charge in [-0.1, -0.05) is 26.2 Å². The van der Waals surface area contributed by atoms with E-state index in [4.69, 9.17) is 4.74 Å². The van der Waals surface area contributed by atoms with Gasteiger partial charge in [0.15, 0.2) is 0 Å². The van der Waals surface area contributed by atoms with Crippen molar-refractivity contribution in [1.29, 1.82) is 0 Å². The molecule has 1 saturated heterocycles. The molecule has 0 aromatic carbocycles. The van der Waals surface area contributed by atoms with Crippen molar-refractivity contribution in [2.45, 2.75) is 58.3 Å². The molecule has 0 spiro atoms. The fraction of sp³-hybridized carbons (Fsp3) is 0.929. The van der Waals surface area contributed by atoms with Crippen molar-refractivity contribution >= 4 is 5.97 Å². The predicted octanol–water partition coefficient (Wildman–Crippen LogP) is 2.89.